The van der Waals surface area contributed by atoms with Gasteiger partial charge in [-0.2, -0.15) is 0 Å². The maximum Gasteiger partial charge on any atom is 0.329 e. The van der Waals surface area contributed by atoms with Gasteiger partial charge in [-0.05, 0) is 24.6 Å². The summed E-state index contributed by atoms with van der Waals surface area (Å²) in [6, 6.07) is 5.96. The first-order valence-electron chi connectivity index (χ1n) is 5.63. The van der Waals surface area contributed by atoms with Crippen molar-refractivity contribution in [1.29, 1.82) is 0 Å². The Balaban J connectivity index is 2.27. The standard InChI is InChI=1S/C12H15N3O2/c1-2-4-10-11(16)15(12(17)14-10)9-6-3-5-8(13)7-9/h3,5-7,10H,2,4,13H2,1H3,(H,14,17)/t10-/m1/s1. The van der Waals surface area contributed by atoms with Crippen molar-refractivity contribution < 1.29 is 9.59 Å². The second-order valence-corrected chi connectivity index (χ2v) is 4.06. The fourth-order valence-electron chi connectivity index (χ4n) is 1.92. The molecule has 0 unspecified atom stereocenters. The third-order valence-corrected chi connectivity index (χ3v) is 2.73. The van der Waals surface area contributed by atoms with E-state index in [9.17, 15) is 9.59 Å². The molecule has 0 radical (unpaired) electrons. The number of benzene rings is 1. The number of urea groups is 1. The first kappa shape index (κ1) is 11.4. The number of nitrogens with zero attached hydrogens (tertiary/aromatic N) is 1. The molecule has 1 heterocycles. The number of rotatable bonds is 3. The molecule has 2 rings (SSSR count). The molecule has 5 nitrogen and oxygen atoms in total. The van der Waals surface area contributed by atoms with E-state index in [4.69, 9.17) is 5.73 Å². The van der Waals surface area contributed by atoms with Gasteiger partial charge < -0.3 is 11.1 Å². The van der Waals surface area contributed by atoms with Gasteiger partial charge in [0.15, 0.2) is 0 Å². The largest absolute Gasteiger partial charge is 0.399 e. The number of imide groups is 1. The minimum absolute atomic E-state index is 0.206. The van der Waals surface area contributed by atoms with E-state index in [2.05, 4.69) is 5.32 Å². The third-order valence-electron chi connectivity index (χ3n) is 2.73. The second kappa shape index (κ2) is 4.45. The molecule has 1 fully saturated rings. The molecule has 3 amide bonds. The van der Waals surface area contributed by atoms with E-state index in [1.54, 1.807) is 24.3 Å². The fourth-order valence-corrected chi connectivity index (χ4v) is 1.92. The monoisotopic (exact) mass is 233 g/mol. The quantitative estimate of drug-likeness (QED) is 0.613. The molecule has 0 saturated carbocycles. The molecule has 1 atom stereocenters. The fraction of sp³-hybridized carbons (Fsp3) is 0.333. The Hall–Kier alpha value is -2.04. The lowest BCUT2D eigenvalue weighted by atomic mass is 10.1. The molecule has 1 aromatic carbocycles. The number of carbonyl (C=O) groups is 2. The molecular formula is C12H15N3O2. The number of nitrogens with two attached hydrogens (primary N) is 1. The Morgan fingerprint density at radius 3 is 2.82 bits per heavy atom. The number of nitrogens with one attached hydrogen (secondary N) is 1. The molecule has 1 saturated heterocycles. The summed E-state index contributed by atoms with van der Waals surface area (Å²) < 4.78 is 0. The van der Waals surface area contributed by atoms with Crippen molar-refractivity contribution in [2.45, 2.75) is 25.8 Å². The van der Waals surface area contributed by atoms with Crippen LogP contribution in [0, 0.1) is 0 Å². The van der Waals surface area contributed by atoms with Gasteiger partial charge in [0.2, 0.25) is 0 Å². The van der Waals surface area contributed by atoms with Crippen LogP contribution in [-0.4, -0.2) is 18.0 Å². The Morgan fingerprint density at radius 2 is 2.18 bits per heavy atom. The zero-order valence-electron chi connectivity index (χ0n) is 9.64. The van der Waals surface area contributed by atoms with Crippen LogP contribution in [0.15, 0.2) is 24.3 Å². The van der Waals surface area contributed by atoms with Crippen molar-refractivity contribution in [2.24, 2.45) is 0 Å². The first-order valence-corrected chi connectivity index (χ1v) is 5.63. The van der Waals surface area contributed by atoms with E-state index >= 15 is 0 Å². The number of anilines is 2. The van der Waals surface area contributed by atoms with Gasteiger partial charge in [-0.25, -0.2) is 9.69 Å². The molecule has 90 valence electrons. The molecule has 1 aliphatic heterocycles. The Morgan fingerprint density at radius 1 is 1.41 bits per heavy atom. The van der Waals surface area contributed by atoms with Gasteiger partial charge in [0.05, 0.1) is 5.69 Å². The third kappa shape index (κ3) is 2.08. The lowest BCUT2D eigenvalue weighted by molar-refractivity contribution is -0.118. The average Bonchev–Trinajstić information content (AvgIpc) is 2.55. The second-order valence-electron chi connectivity index (χ2n) is 4.06. The highest BCUT2D eigenvalue weighted by molar-refractivity contribution is 6.21. The van der Waals surface area contributed by atoms with Crippen LogP contribution < -0.4 is 16.0 Å². The normalized spacial score (nSPS) is 19.6. The minimum atomic E-state index is -0.408. The highest BCUT2D eigenvalue weighted by Crippen LogP contribution is 2.22. The van der Waals surface area contributed by atoms with E-state index in [1.165, 1.54) is 0 Å². The predicted molar refractivity (Wildman–Crippen MR) is 65.6 cm³/mol. The van der Waals surface area contributed by atoms with E-state index < -0.39 is 6.04 Å². The molecule has 0 spiro atoms. The number of nitrogen functional groups attached to an aromatic ring is 1. The highest BCUT2D eigenvalue weighted by Gasteiger charge is 2.38. The summed E-state index contributed by atoms with van der Waals surface area (Å²) in [6.45, 7) is 1.97. The van der Waals surface area contributed by atoms with E-state index in [-0.39, 0.29) is 11.9 Å². The lowest BCUT2D eigenvalue weighted by Crippen LogP contribution is -2.31. The van der Waals surface area contributed by atoms with E-state index in [0.717, 1.165) is 11.3 Å². The van der Waals surface area contributed by atoms with Crippen LogP contribution in [0.1, 0.15) is 19.8 Å². The van der Waals surface area contributed by atoms with Gasteiger partial charge in [0, 0.05) is 5.69 Å². The van der Waals surface area contributed by atoms with Crippen LogP contribution in [-0.2, 0) is 4.79 Å². The van der Waals surface area contributed by atoms with Gasteiger partial charge in [0.1, 0.15) is 6.04 Å². The van der Waals surface area contributed by atoms with Crippen LogP contribution in [0.5, 0.6) is 0 Å². The van der Waals surface area contributed by atoms with Gasteiger partial charge in [-0.1, -0.05) is 19.4 Å². The molecular weight excluding hydrogens is 218 g/mol. The number of hydrogen-bond acceptors (Lipinski definition) is 3. The van der Waals surface area contributed by atoms with Crippen molar-refractivity contribution in [3.8, 4) is 0 Å². The van der Waals surface area contributed by atoms with Crippen molar-refractivity contribution in [3.63, 3.8) is 0 Å². The zero-order valence-corrected chi connectivity index (χ0v) is 9.64. The van der Waals surface area contributed by atoms with Gasteiger partial charge in [-0.15, -0.1) is 0 Å². The van der Waals surface area contributed by atoms with Gasteiger partial charge >= 0.3 is 6.03 Å². The summed E-state index contributed by atoms with van der Waals surface area (Å²) in [5.74, 6) is -0.206. The van der Waals surface area contributed by atoms with E-state index in [0.29, 0.717) is 17.8 Å². The topological polar surface area (TPSA) is 75.4 Å². The summed E-state index contributed by atoms with van der Waals surface area (Å²) in [5, 5.41) is 2.67. The molecule has 1 aromatic rings. The molecule has 0 aromatic heterocycles. The van der Waals surface area contributed by atoms with Crippen molar-refractivity contribution >= 4 is 23.3 Å². The predicted octanol–water partition coefficient (Wildman–Crippen LogP) is 1.49. The van der Waals surface area contributed by atoms with Gasteiger partial charge in [-0.3, -0.25) is 4.79 Å². The summed E-state index contributed by atoms with van der Waals surface area (Å²) in [5.41, 5.74) is 6.69. The average molecular weight is 233 g/mol. The van der Waals surface area contributed by atoms with Crippen LogP contribution in [0.2, 0.25) is 0 Å². The van der Waals surface area contributed by atoms with Crippen LogP contribution in [0.25, 0.3) is 0 Å². The Bertz CT molecular complexity index is 459. The molecule has 0 bridgehead atoms. The number of carbonyl (C=O) groups excluding carboxylic acids is 2. The van der Waals surface area contributed by atoms with Crippen molar-refractivity contribution in [3.05, 3.63) is 24.3 Å². The highest BCUT2D eigenvalue weighted by atomic mass is 16.2. The van der Waals surface area contributed by atoms with Crippen LogP contribution >= 0.6 is 0 Å². The molecule has 17 heavy (non-hydrogen) atoms. The molecule has 0 aliphatic carbocycles. The summed E-state index contributed by atoms with van der Waals surface area (Å²) in [4.78, 5) is 24.9. The Labute approximate surface area is 99.6 Å². The summed E-state index contributed by atoms with van der Waals surface area (Å²) in [6.07, 6.45) is 1.50. The van der Waals surface area contributed by atoms with Crippen LogP contribution in [0.3, 0.4) is 0 Å². The first-order chi connectivity index (χ1) is 8.13. The summed E-state index contributed by atoms with van der Waals surface area (Å²) >= 11 is 0. The zero-order chi connectivity index (χ0) is 12.4. The number of amides is 3. The molecule has 1 aliphatic rings. The van der Waals surface area contributed by atoms with Crippen molar-refractivity contribution in [2.75, 3.05) is 10.6 Å². The van der Waals surface area contributed by atoms with E-state index in [1.807, 2.05) is 6.92 Å². The lowest BCUT2D eigenvalue weighted by Gasteiger charge is -2.13. The maximum absolute atomic E-state index is 12.0. The van der Waals surface area contributed by atoms with Crippen molar-refractivity contribution in [1.82, 2.24) is 5.32 Å². The SMILES string of the molecule is CCC[C@H]1NC(=O)N(c2cccc(N)c2)C1=O. The Kier molecular flexibility index (Phi) is 2.99. The summed E-state index contributed by atoms with van der Waals surface area (Å²) in [7, 11) is 0. The smallest absolute Gasteiger partial charge is 0.329 e. The van der Waals surface area contributed by atoms with Gasteiger partial charge in [0.25, 0.3) is 5.91 Å². The van der Waals surface area contributed by atoms with Crippen LogP contribution in [0.4, 0.5) is 16.2 Å². The maximum atomic E-state index is 12.0. The molecule has 5 heteroatoms. The minimum Gasteiger partial charge on any atom is -0.399 e. The molecule has 3 N–H and O–H groups in total. The number of hydrogen-bond donors (Lipinski definition) is 2.